The third-order valence-corrected chi connectivity index (χ3v) is 6.28. The lowest BCUT2D eigenvalue weighted by Gasteiger charge is -2.31. The van der Waals surface area contributed by atoms with Crippen LogP contribution in [0.2, 0.25) is 0 Å². The summed E-state index contributed by atoms with van der Waals surface area (Å²) in [6, 6.07) is 11.6. The highest BCUT2D eigenvalue weighted by Gasteiger charge is 2.26. The number of rotatable bonds is 4. The van der Waals surface area contributed by atoms with Crippen molar-refractivity contribution in [3.05, 3.63) is 53.8 Å². The predicted octanol–water partition coefficient (Wildman–Crippen LogP) is 3.44. The second-order valence-electron chi connectivity index (χ2n) is 7.37. The van der Waals surface area contributed by atoms with E-state index in [2.05, 4.69) is 30.5 Å². The van der Waals surface area contributed by atoms with E-state index >= 15 is 0 Å². The number of carbonyl (C=O) groups is 1. The van der Waals surface area contributed by atoms with Gasteiger partial charge in [0.25, 0.3) is 0 Å². The van der Waals surface area contributed by atoms with E-state index in [0.29, 0.717) is 5.82 Å². The van der Waals surface area contributed by atoms with Crippen molar-refractivity contribution < 1.29 is 4.79 Å². The van der Waals surface area contributed by atoms with Crippen LogP contribution >= 0.6 is 11.3 Å². The molecule has 0 bridgehead atoms. The van der Waals surface area contributed by atoms with Crippen LogP contribution < -0.4 is 10.2 Å². The quantitative estimate of drug-likeness (QED) is 0.545. The van der Waals surface area contributed by atoms with Crippen molar-refractivity contribution in [3.8, 4) is 5.82 Å². The minimum atomic E-state index is -0.00887. The Balaban J connectivity index is 1.19. The molecule has 4 heterocycles. The highest BCUT2D eigenvalue weighted by atomic mass is 32.1. The summed E-state index contributed by atoms with van der Waals surface area (Å²) in [7, 11) is 0. The lowest BCUT2D eigenvalue weighted by Crippen LogP contribution is -2.38. The summed E-state index contributed by atoms with van der Waals surface area (Å²) in [6.45, 7) is 3.54. The van der Waals surface area contributed by atoms with Gasteiger partial charge in [0.15, 0.2) is 11.6 Å². The van der Waals surface area contributed by atoms with Crippen LogP contribution in [0, 0.1) is 12.8 Å². The van der Waals surface area contributed by atoms with E-state index in [1.807, 2.05) is 49.5 Å². The van der Waals surface area contributed by atoms with Crippen LogP contribution in [-0.4, -0.2) is 44.0 Å². The molecule has 1 N–H and O–H groups in total. The Bertz CT molecular complexity index is 1160. The summed E-state index contributed by atoms with van der Waals surface area (Å²) in [5.74, 6) is 1.57. The number of hydrogen-bond acceptors (Lipinski definition) is 7. The van der Waals surface area contributed by atoms with Gasteiger partial charge in [-0.3, -0.25) is 4.79 Å². The molecule has 0 radical (unpaired) electrons. The van der Waals surface area contributed by atoms with E-state index in [4.69, 9.17) is 0 Å². The van der Waals surface area contributed by atoms with Gasteiger partial charge in [-0.05, 0) is 56.2 Å². The minimum absolute atomic E-state index is 0.00887. The third-order valence-electron chi connectivity index (χ3n) is 5.33. The molecule has 1 saturated heterocycles. The van der Waals surface area contributed by atoms with Gasteiger partial charge in [-0.1, -0.05) is 0 Å². The van der Waals surface area contributed by atoms with Crippen molar-refractivity contribution in [3.63, 3.8) is 0 Å². The fourth-order valence-corrected chi connectivity index (χ4v) is 4.56. The van der Waals surface area contributed by atoms with Gasteiger partial charge < -0.3 is 10.2 Å². The molecule has 0 saturated carbocycles. The maximum Gasteiger partial charge on any atom is 0.227 e. The van der Waals surface area contributed by atoms with Gasteiger partial charge in [-0.25, -0.2) is 9.67 Å². The highest BCUT2D eigenvalue weighted by molar-refractivity contribution is 7.18. The lowest BCUT2D eigenvalue weighted by molar-refractivity contribution is -0.120. The Labute approximate surface area is 177 Å². The first-order valence-electron chi connectivity index (χ1n) is 9.92. The Morgan fingerprint density at radius 1 is 1.13 bits per heavy atom. The zero-order valence-electron chi connectivity index (χ0n) is 16.5. The SMILES string of the molecule is Cc1nc2cc(NC(=O)C3CCN(c4ccc(-n5cccn5)nn4)CC3)ccc2s1. The molecular formula is C21H21N7OS. The molecule has 1 amide bonds. The number of carbonyl (C=O) groups excluding carboxylic acids is 1. The maximum absolute atomic E-state index is 12.7. The number of aromatic nitrogens is 5. The fourth-order valence-electron chi connectivity index (χ4n) is 3.75. The number of nitrogens with one attached hydrogen (secondary N) is 1. The molecule has 4 aromatic rings. The molecule has 0 spiro atoms. The zero-order valence-corrected chi connectivity index (χ0v) is 17.3. The number of piperidine rings is 1. The Hall–Kier alpha value is -3.33. The molecule has 152 valence electrons. The second kappa shape index (κ2) is 7.83. The molecule has 0 unspecified atom stereocenters. The summed E-state index contributed by atoms with van der Waals surface area (Å²) in [5, 5.41) is 16.8. The van der Waals surface area contributed by atoms with Crippen molar-refractivity contribution in [2.45, 2.75) is 19.8 Å². The van der Waals surface area contributed by atoms with E-state index in [-0.39, 0.29) is 11.8 Å². The first-order valence-corrected chi connectivity index (χ1v) is 10.7. The number of anilines is 2. The molecule has 0 atom stereocenters. The van der Waals surface area contributed by atoms with Gasteiger partial charge in [0.05, 0.1) is 15.2 Å². The summed E-state index contributed by atoms with van der Waals surface area (Å²) in [4.78, 5) is 19.4. The van der Waals surface area contributed by atoms with Gasteiger partial charge in [-0.2, -0.15) is 5.10 Å². The van der Waals surface area contributed by atoms with Crippen molar-refractivity contribution in [2.75, 3.05) is 23.3 Å². The van der Waals surface area contributed by atoms with Crippen molar-refractivity contribution in [1.29, 1.82) is 0 Å². The Morgan fingerprint density at radius 3 is 2.67 bits per heavy atom. The monoisotopic (exact) mass is 419 g/mol. The number of amides is 1. The Morgan fingerprint density at radius 2 is 1.93 bits per heavy atom. The number of thiazole rings is 1. The molecule has 1 aliphatic heterocycles. The molecule has 5 rings (SSSR count). The van der Waals surface area contributed by atoms with Gasteiger partial charge >= 0.3 is 0 Å². The molecule has 1 aliphatic rings. The number of nitrogens with zero attached hydrogens (tertiary/aromatic N) is 6. The maximum atomic E-state index is 12.7. The first-order chi connectivity index (χ1) is 14.7. The molecule has 9 heteroatoms. The van der Waals surface area contributed by atoms with Crippen molar-refractivity contribution in [2.24, 2.45) is 5.92 Å². The van der Waals surface area contributed by atoms with E-state index in [1.54, 1.807) is 22.2 Å². The summed E-state index contributed by atoms with van der Waals surface area (Å²) in [6.07, 6.45) is 5.11. The van der Waals surface area contributed by atoms with Crippen LogP contribution in [0.15, 0.2) is 48.8 Å². The van der Waals surface area contributed by atoms with E-state index in [9.17, 15) is 4.79 Å². The van der Waals surface area contributed by atoms with Crippen LogP contribution in [-0.2, 0) is 4.79 Å². The Kier molecular flexibility index (Phi) is 4.88. The summed E-state index contributed by atoms with van der Waals surface area (Å²) < 4.78 is 2.82. The average molecular weight is 420 g/mol. The van der Waals surface area contributed by atoms with Crippen LogP contribution in [0.4, 0.5) is 11.5 Å². The van der Waals surface area contributed by atoms with Crippen LogP contribution in [0.3, 0.4) is 0 Å². The standard InChI is InChI=1S/C21H21N7OS/c1-14-23-17-13-16(3-4-18(17)30-14)24-21(29)15-7-11-27(12-8-15)19-5-6-20(26-25-19)28-10-2-9-22-28/h2-6,9-10,13,15H,7-8,11-12H2,1H3,(H,24,29). The highest BCUT2D eigenvalue weighted by Crippen LogP contribution is 2.26. The number of fused-ring (bicyclic) bond motifs is 1. The van der Waals surface area contributed by atoms with Gasteiger partial charge in [0.2, 0.25) is 5.91 Å². The molecule has 8 nitrogen and oxygen atoms in total. The zero-order chi connectivity index (χ0) is 20.5. The molecule has 1 fully saturated rings. The van der Waals surface area contributed by atoms with Crippen molar-refractivity contribution in [1.82, 2.24) is 25.0 Å². The largest absolute Gasteiger partial charge is 0.355 e. The topological polar surface area (TPSA) is 88.8 Å². The average Bonchev–Trinajstić information content (AvgIpc) is 3.43. The van der Waals surface area contributed by atoms with Crippen molar-refractivity contribution >= 4 is 39.0 Å². The molecule has 3 aromatic heterocycles. The second-order valence-corrected chi connectivity index (χ2v) is 8.60. The third kappa shape index (κ3) is 3.76. The number of hydrogen-bond donors (Lipinski definition) is 1. The molecule has 0 aliphatic carbocycles. The minimum Gasteiger partial charge on any atom is -0.355 e. The van der Waals surface area contributed by atoms with Crippen LogP contribution in [0.25, 0.3) is 16.0 Å². The smallest absolute Gasteiger partial charge is 0.227 e. The number of benzene rings is 1. The number of aryl methyl sites for hydroxylation is 1. The lowest BCUT2D eigenvalue weighted by atomic mass is 9.96. The molecular weight excluding hydrogens is 398 g/mol. The molecule has 30 heavy (non-hydrogen) atoms. The van der Waals surface area contributed by atoms with Gasteiger partial charge in [0.1, 0.15) is 0 Å². The first kappa shape index (κ1) is 18.7. The normalized spacial score (nSPS) is 14.9. The van der Waals surface area contributed by atoms with E-state index < -0.39 is 0 Å². The van der Waals surface area contributed by atoms with Crippen LogP contribution in [0.1, 0.15) is 17.8 Å². The van der Waals surface area contributed by atoms with Crippen LogP contribution in [0.5, 0.6) is 0 Å². The fraction of sp³-hybridized carbons (Fsp3) is 0.286. The predicted molar refractivity (Wildman–Crippen MR) is 117 cm³/mol. The molecule has 1 aromatic carbocycles. The van der Waals surface area contributed by atoms with Gasteiger partial charge in [-0.15, -0.1) is 21.5 Å². The van der Waals surface area contributed by atoms with E-state index in [1.165, 1.54) is 0 Å². The summed E-state index contributed by atoms with van der Waals surface area (Å²) in [5.41, 5.74) is 1.74. The van der Waals surface area contributed by atoms with E-state index in [0.717, 1.165) is 52.7 Å². The summed E-state index contributed by atoms with van der Waals surface area (Å²) >= 11 is 1.66. The van der Waals surface area contributed by atoms with Gasteiger partial charge in [0, 0.05) is 37.1 Å².